The first-order chi connectivity index (χ1) is 12.0. The Labute approximate surface area is 143 Å². The summed E-state index contributed by atoms with van der Waals surface area (Å²) in [7, 11) is 3.31. The van der Waals surface area contributed by atoms with Gasteiger partial charge in [-0.05, 0) is 24.3 Å². The number of nitrogens with zero attached hydrogens (tertiary/aromatic N) is 2. The summed E-state index contributed by atoms with van der Waals surface area (Å²) in [5.74, 6) is -1.36. The average molecular weight is 334 g/mol. The Kier molecular flexibility index (Phi) is 3.21. The third kappa shape index (κ3) is 2.22. The third-order valence-electron chi connectivity index (χ3n) is 4.45. The Morgan fingerprint density at radius 1 is 1.00 bits per heavy atom. The van der Waals surface area contributed by atoms with E-state index >= 15 is 0 Å². The van der Waals surface area contributed by atoms with Crippen molar-refractivity contribution in [2.75, 3.05) is 11.9 Å². The fourth-order valence-electron chi connectivity index (χ4n) is 3.07. The summed E-state index contributed by atoms with van der Waals surface area (Å²) in [4.78, 5) is 37.3. The molecule has 0 aliphatic carbocycles. The van der Waals surface area contributed by atoms with Crippen molar-refractivity contribution in [3.8, 4) is 5.75 Å². The molecule has 0 unspecified atom stereocenters. The molecule has 25 heavy (non-hydrogen) atoms. The molecule has 1 aliphatic rings. The number of aryl methyl sites for hydroxylation is 1. The number of hydrogen-bond donors (Lipinski definition) is 0. The molecule has 6 heteroatoms. The first kappa shape index (κ1) is 15.1. The molecule has 1 aromatic heterocycles. The summed E-state index contributed by atoms with van der Waals surface area (Å²) in [5.41, 5.74) is 2.11. The number of esters is 1. The highest BCUT2D eigenvalue weighted by Crippen LogP contribution is 2.31. The van der Waals surface area contributed by atoms with E-state index in [1.54, 1.807) is 17.7 Å². The summed E-state index contributed by atoms with van der Waals surface area (Å²) in [6.07, 6.45) is 0. The van der Waals surface area contributed by atoms with Crippen LogP contribution >= 0.6 is 0 Å². The SMILES string of the molecule is CN1C(=O)C(=O)c2ccc(OC(=O)c3cc4ccccc4n3C)cc21. The molecule has 0 radical (unpaired) electrons. The van der Waals surface area contributed by atoms with Gasteiger partial charge in [-0.2, -0.15) is 0 Å². The Hall–Kier alpha value is -3.41. The summed E-state index contributed by atoms with van der Waals surface area (Å²) in [5, 5.41) is 0.946. The minimum Gasteiger partial charge on any atom is -0.422 e. The minimum atomic E-state index is -0.591. The van der Waals surface area contributed by atoms with E-state index in [4.69, 9.17) is 4.74 Å². The normalized spacial score (nSPS) is 13.4. The number of amides is 1. The van der Waals surface area contributed by atoms with Crippen LogP contribution in [0, 0.1) is 0 Å². The van der Waals surface area contributed by atoms with Gasteiger partial charge in [-0.1, -0.05) is 18.2 Å². The van der Waals surface area contributed by atoms with Crippen molar-refractivity contribution < 1.29 is 19.1 Å². The molecule has 0 N–H and O–H groups in total. The number of Topliss-reactive ketones (excluding diaryl/α,β-unsaturated/α-hetero) is 1. The number of rotatable bonds is 2. The van der Waals surface area contributed by atoms with Gasteiger partial charge < -0.3 is 14.2 Å². The number of anilines is 1. The van der Waals surface area contributed by atoms with Gasteiger partial charge in [0.2, 0.25) is 0 Å². The van der Waals surface area contributed by atoms with E-state index in [0.29, 0.717) is 16.9 Å². The quantitative estimate of drug-likeness (QED) is 0.410. The largest absolute Gasteiger partial charge is 0.422 e. The van der Waals surface area contributed by atoms with Gasteiger partial charge in [-0.25, -0.2) is 4.79 Å². The van der Waals surface area contributed by atoms with Crippen molar-refractivity contribution in [1.82, 2.24) is 4.57 Å². The second-order valence-electron chi connectivity index (χ2n) is 5.91. The Bertz CT molecular complexity index is 1060. The highest BCUT2D eigenvalue weighted by molar-refractivity contribution is 6.52. The fraction of sp³-hybridized carbons (Fsp3) is 0.105. The Morgan fingerprint density at radius 2 is 1.76 bits per heavy atom. The molecular formula is C19H14N2O4. The zero-order valence-electron chi connectivity index (χ0n) is 13.6. The van der Waals surface area contributed by atoms with E-state index in [-0.39, 0.29) is 5.75 Å². The Morgan fingerprint density at radius 3 is 2.52 bits per heavy atom. The molecule has 0 saturated carbocycles. The maximum atomic E-state index is 12.5. The molecule has 6 nitrogen and oxygen atoms in total. The van der Waals surface area contributed by atoms with Gasteiger partial charge in [0.15, 0.2) is 0 Å². The zero-order valence-corrected chi connectivity index (χ0v) is 13.6. The lowest BCUT2D eigenvalue weighted by Crippen LogP contribution is -2.24. The van der Waals surface area contributed by atoms with E-state index in [0.717, 1.165) is 10.9 Å². The van der Waals surface area contributed by atoms with E-state index in [2.05, 4.69) is 0 Å². The van der Waals surface area contributed by atoms with Crippen LogP contribution in [0.5, 0.6) is 5.75 Å². The molecule has 4 rings (SSSR count). The predicted molar refractivity (Wildman–Crippen MR) is 92.1 cm³/mol. The molecule has 3 aromatic rings. The van der Waals surface area contributed by atoms with Gasteiger partial charge >= 0.3 is 5.97 Å². The second-order valence-corrected chi connectivity index (χ2v) is 5.91. The minimum absolute atomic E-state index is 0.281. The van der Waals surface area contributed by atoms with Gasteiger partial charge in [0.1, 0.15) is 11.4 Å². The first-order valence-corrected chi connectivity index (χ1v) is 7.70. The lowest BCUT2D eigenvalue weighted by atomic mass is 10.1. The van der Waals surface area contributed by atoms with Crippen molar-refractivity contribution in [3.63, 3.8) is 0 Å². The summed E-state index contributed by atoms with van der Waals surface area (Å²) < 4.78 is 7.21. The van der Waals surface area contributed by atoms with Crippen LogP contribution < -0.4 is 9.64 Å². The number of likely N-dealkylation sites (N-methyl/N-ethyl adjacent to an activating group) is 1. The average Bonchev–Trinajstić information content (AvgIpc) is 3.06. The van der Waals surface area contributed by atoms with Gasteiger partial charge in [-0.15, -0.1) is 0 Å². The maximum absolute atomic E-state index is 12.5. The number of benzene rings is 2. The second kappa shape index (κ2) is 5.31. The lowest BCUT2D eigenvalue weighted by molar-refractivity contribution is -0.114. The molecule has 1 amide bonds. The standard InChI is InChI=1S/C19H14N2O4/c1-20-14-6-4-3-5-11(14)9-16(20)19(24)25-12-7-8-13-15(10-12)21(2)18(23)17(13)22/h3-10H,1-2H3. The number of hydrogen-bond acceptors (Lipinski definition) is 4. The van der Waals surface area contributed by atoms with Gasteiger partial charge in [0, 0.05) is 31.1 Å². The van der Waals surface area contributed by atoms with Crippen molar-refractivity contribution >= 4 is 34.3 Å². The van der Waals surface area contributed by atoms with Gasteiger partial charge in [0.05, 0.1) is 11.3 Å². The molecule has 124 valence electrons. The van der Waals surface area contributed by atoms with Crippen LogP contribution in [0.1, 0.15) is 20.8 Å². The van der Waals surface area contributed by atoms with Gasteiger partial charge in [-0.3, -0.25) is 9.59 Å². The molecule has 0 bridgehead atoms. The lowest BCUT2D eigenvalue weighted by Gasteiger charge is -2.11. The molecule has 2 heterocycles. The Balaban J connectivity index is 1.67. The number of para-hydroxylation sites is 1. The maximum Gasteiger partial charge on any atom is 0.360 e. The number of fused-ring (bicyclic) bond motifs is 2. The van der Waals surface area contributed by atoms with Crippen LogP contribution in [0.4, 0.5) is 5.69 Å². The van der Waals surface area contributed by atoms with E-state index < -0.39 is 17.7 Å². The number of ether oxygens (including phenoxy) is 1. The van der Waals surface area contributed by atoms with Crippen LogP contribution in [-0.2, 0) is 11.8 Å². The van der Waals surface area contributed by atoms with Crippen molar-refractivity contribution in [2.24, 2.45) is 7.05 Å². The molecule has 0 fully saturated rings. The smallest absolute Gasteiger partial charge is 0.360 e. The monoisotopic (exact) mass is 334 g/mol. The van der Waals surface area contributed by atoms with Crippen LogP contribution in [0.15, 0.2) is 48.5 Å². The molecule has 0 saturated heterocycles. The number of aromatic nitrogens is 1. The highest BCUT2D eigenvalue weighted by atomic mass is 16.5. The zero-order chi connectivity index (χ0) is 17.7. The number of carbonyl (C=O) groups excluding carboxylic acids is 3. The molecule has 1 aliphatic heterocycles. The summed E-state index contributed by atoms with van der Waals surface area (Å²) in [6.45, 7) is 0. The summed E-state index contributed by atoms with van der Waals surface area (Å²) in [6, 6.07) is 14.0. The van der Waals surface area contributed by atoms with Crippen LogP contribution in [0.3, 0.4) is 0 Å². The molecular weight excluding hydrogens is 320 g/mol. The molecule has 0 spiro atoms. The summed E-state index contributed by atoms with van der Waals surface area (Å²) >= 11 is 0. The van der Waals surface area contributed by atoms with Crippen LogP contribution in [0.2, 0.25) is 0 Å². The van der Waals surface area contributed by atoms with E-state index in [9.17, 15) is 14.4 Å². The highest BCUT2D eigenvalue weighted by Gasteiger charge is 2.33. The molecule has 0 atom stereocenters. The topological polar surface area (TPSA) is 68.6 Å². The van der Waals surface area contributed by atoms with Crippen LogP contribution in [-0.4, -0.2) is 29.3 Å². The van der Waals surface area contributed by atoms with E-state index in [1.165, 1.54) is 30.1 Å². The van der Waals surface area contributed by atoms with Crippen molar-refractivity contribution in [2.45, 2.75) is 0 Å². The third-order valence-corrected chi connectivity index (χ3v) is 4.45. The number of carbonyl (C=O) groups is 3. The van der Waals surface area contributed by atoms with Crippen molar-refractivity contribution in [1.29, 1.82) is 0 Å². The van der Waals surface area contributed by atoms with Crippen molar-refractivity contribution in [3.05, 3.63) is 59.8 Å². The first-order valence-electron chi connectivity index (χ1n) is 7.70. The number of ketones is 1. The van der Waals surface area contributed by atoms with Gasteiger partial charge in [0.25, 0.3) is 11.7 Å². The fourth-order valence-corrected chi connectivity index (χ4v) is 3.07. The van der Waals surface area contributed by atoms with Crippen LogP contribution in [0.25, 0.3) is 10.9 Å². The predicted octanol–water partition coefficient (Wildman–Crippen LogP) is 2.56. The van der Waals surface area contributed by atoms with E-state index in [1.807, 2.05) is 24.3 Å². The molecule has 2 aromatic carbocycles.